The number of benzene rings is 1. The maximum atomic E-state index is 12.4. The molecule has 106 valence electrons. The van der Waals surface area contributed by atoms with Gasteiger partial charge >= 0.3 is 0 Å². The first-order valence-corrected chi connectivity index (χ1v) is 6.60. The number of aromatic nitrogens is 2. The van der Waals surface area contributed by atoms with Gasteiger partial charge in [0.1, 0.15) is 5.82 Å². The molecule has 0 saturated carbocycles. The fraction of sp³-hybridized carbons (Fsp3) is 0.429. The van der Waals surface area contributed by atoms with Crippen LogP contribution in [0, 0.1) is 12.3 Å². The molecule has 4 N–H and O–H groups in total. The summed E-state index contributed by atoms with van der Waals surface area (Å²) in [6.07, 6.45) is 0. The van der Waals surface area contributed by atoms with Crippen LogP contribution >= 0.6 is 0 Å². The summed E-state index contributed by atoms with van der Waals surface area (Å²) in [6.45, 7) is 4.50. The van der Waals surface area contributed by atoms with Crippen LogP contribution in [0.15, 0.2) is 18.2 Å². The van der Waals surface area contributed by atoms with Crippen molar-refractivity contribution in [3.05, 3.63) is 24.0 Å². The molecule has 6 nitrogen and oxygen atoms in total. The van der Waals surface area contributed by atoms with Crippen molar-refractivity contribution in [1.82, 2.24) is 9.97 Å². The lowest BCUT2D eigenvalue weighted by molar-refractivity contribution is -0.125. The maximum absolute atomic E-state index is 12.4. The Morgan fingerprint density at radius 3 is 3.10 bits per heavy atom. The molecule has 6 heteroatoms. The van der Waals surface area contributed by atoms with Crippen LogP contribution in [0.25, 0.3) is 11.0 Å². The van der Waals surface area contributed by atoms with Gasteiger partial charge in [0, 0.05) is 11.7 Å². The second-order valence-corrected chi connectivity index (χ2v) is 5.55. The molecule has 0 bridgehead atoms. The first-order valence-electron chi connectivity index (χ1n) is 6.60. The van der Waals surface area contributed by atoms with Gasteiger partial charge in [-0.15, -0.1) is 0 Å². The minimum absolute atomic E-state index is 0.113. The molecule has 1 amide bonds. The number of amides is 1. The van der Waals surface area contributed by atoms with Gasteiger partial charge < -0.3 is 20.8 Å². The van der Waals surface area contributed by atoms with Crippen molar-refractivity contribution in [2.75, 3.05) is 18.5 Å². The summed E-state index contributed by atoms with van der Waals surface area (Å²) in [5.41, 5.74) is 7.79. The van der Waals surface area contributed by atoms with Gasteiger partial charge in [0.2, 0.25) is 5.91 Å². The number of anilines is 1. The average molecular weight is 274 g/mol. The third-order valence-electron chi connectivity index (χ3n) is 3.89. The van der Waals surface area contributed by atoms with E-state index < -0.39 is 5.41 Å². The number of nitrogens with one attached hydrogen (secondary N) is 2. The number of carbonyl (C=O) groups is 1. The highest BCUT2D eigenvalue weighted by atomic mass is 16.5. The molecule has 1 fully saturated rings. The third-order valence-corrected chi connectivity index (χ3v) is 3.89. The zero-order valence-electron chi connectivity index (χ0n) is 11.6. The summed E-state index contributed by atoms with van der Waals surface area (Å²) in [6, 6.07) is 5.31. The molecule has 0 aliphatic carbocycles. The molecular formula is C14H18N4O2. The molecule has 3 rings (SSSR count). The summed E-state index contributed by atoms with van der Waals surface area (Å²) in [5, 5.41) is 2.91. The van der Waals surface area contributed by atoms with Crippen molar-refractivity contribution in [3.8, 4) is 0 Å². The van der Waals surface area contributed by atoms with Gasteiger partial charge in [-0.2, -0.15) is 0 Å². The van der Waals surface area contributed by atoms with Crippen LogP contribution in [0.2, 0.25) is 0 Å². The van der Waals surface area contributed by atoms with Crippen LogP contribution in [-0.4, -0.2) is 35.1 Å². The Hall–Kier alpha value is -1.92. The van der Waals surface area contributed by atoms with Crippen LogP contribution in [0.1, 0.15) is 12.7 Å². The zero-order chi connectivity index (χ0) is 14.3. The van der Waals surface area contributed by atoms with Crippen molar-refractivity contribution in [1.29, 1.82) is 0 Å². The number of ether oxygens (including phenoxy) is 1. The molecule has 1 saturated heterocycles. The smallest absolute Gasteiger partial charge is 0.234 e. The fourth-order valence-corrected chi connectivity index (χ4v) is 2.41. The van der Waals surface area contributed by atoms with Crippen LogP contribution in [0.4, 0.5) is 5.69 Å². The molecule has 1 aliphatic heterocycles. The Balaban J connectivity index is 1.83. The number of carbonyl (C=O) groups excluding carboxylic acids is 1. The molecular weight excluding hydrogens is 256 g/mol. The van der Waals surface area contributed by atoms with Crippen molar-refractivity contribution >= 4 is 22.6 Å². The van der Waals surface area contributed by atoms with Crippen molar-refractivity contribution < 1.29 is 9.53 Å². The number of fused-ring (bicyclic) bond motifs is 1. The molecule has 2 heterocycles. The van der Waals surface area contributed by atoms with Crippen molar-refractivity contribution in [3.63, 3.8) is 0 Å². The van der Waals surface area contributed by atoms with Crippen LogP contribution in [0.5, 0.6) is 0 Å². The Kier molecular flexibility index (Phi) is 2.99. The SMILES string of the molecule is Cc1nc2ccc(NC(=O)C3(C)COCC3N)cc2[nH]1. The summed E-state index contributed by atoms with van der Waals surface area (Å²) in [5.74, 6) is 0.736. The monoisotopic (exact) mass is 274 g/mol. The summed E-state index contributed by atoms with van der Waals surface area (Å²) < 4.78 is 5.30. The quantitative estimate of drug-likeness (QED) is 0.766. The molecule has 2 atom stereocenters. The van der Waals surface area contributed by atoms with Gasteiger partial charge in [-0.25, -0.2) is 4.98 Å². The van der Waals surface area contributed by atoms with Crippen molar-refractivity contribution in [2.45, 2.75) is 19.9 Å². The number of imidazole rings is 1. The number of H-pyrrole nitrogens is 1. The lowest BCUT2D eigenvalue weighted by atomic mass is 9.85. The Morgan fingerprint density at radius 1 is 1.60 bits per heavy atom. The van der Waals surface area contributed by atoms with E-state index in [-0.39, 0.29) is 11.9 Å². The Labute approximate surface area is 116 Å². The predicted octanol–water partition coefficient (Wildman–Crippen LogP) is 1.17. The Bertz CT molecular complexity index is 666. The highest BCUT2D eigenvalue weighted by Crippen LogP contribution is 2.29. The normalized spacial score (nSPS) is 26.1. The topological polar surface area (TPSA) is 93.0 Å². The van der Waals surface area contributed by atoms with E-state index in [4.69, 9.17) is 10.5 Å². The molecule has 1 aromatic carbocycles. The number of rotatable bonds is 2. The van der Waals surface area contributed by atoms with Gasteiger partial charge in [-0.1, -0.05) is 0 Å². The molecule has 20 heavy (non-hydrogen) atoms. The number of nitrogens with two attached hydrogens (primary N) is 1. The van der Waals surface area contributed by atoms with Gasteiger partial charge in [0.05, 0.1) is 29.7 Å². The van der Waals surface area contributed by atoms with Gasteiger partial charge in [-0.05, 0) is 32.0 Å². The summed E-state index contributed by atoms with van der Waals surface area (Å²) >= 11 is 0. The van der Waals surface area contributed by atoms with Crippen molar-refractivity contribution in [2.24, 2.45) is 11.1 Å². The first-order chi connectivity index (χ1) is 9.49. The minimum atomic E-state index is -0.682. The van der Waals surface area contributed by atoms with E-state index in [1.54, 1.807) is 0 Å². The lowest BCUT2D eigenvalue weighted by Gasteiger charge is -2.25. The second-order valence-electron chi connectivity index (χ2n) is 5.55. The van der Waals surface area contributed by atoms with E-state index in [0.717, 1.165) is 22.5 Å². The van der Waals surface area contributed by atoms with E-state index in [1.165, 1.54) is 0 Å². The number of nitrogens with zero attached hydrogens (tertiary/aromatic N) is 1. The zero-order valence-corrected chi connectivity index (χ0v) is 11.6. The molecule has 1 aliphatic rings. The van der Waals surface area contributed by atoms with E-state index in [2.05, 4.69) is 15.3 Å². The maximum Gasteiger partial charge on any atom is 0.234 e. The predicted molar refractivity (Wildman–Crippen MR) is 76.4 cm³/mol. The third kappa shape index (κ3) is 2.07. The number of aromatic amines is 1. The lowest BCUT2D eigenvalue weighted by Crippen LogP contribution is -2.47. The van der Waals surface area contributed by atoms with Gasteiger partial charge in [0.15, 0.2) is 0 Å². The highest BCUT2D eigenvalue weighted by molar-refractivity contribution is 5.97. The molecule has 2 unspecified atom stereocenters. The largest absolute Gasteiger partial charge is 0.379 e. The number of hydrogen-bond donors (Lipinski definition) is 3. The summed E-state index contributed by atoms with van der Waals surface area (Å²) in [7, 11) is 0. The van der Waals surface area contributed by atoms with Crippen LogP contribution in [0.3, 0.4) is 0 Å². The first kappa shape index (κ1) is 13.1. The summed E-state index contributed by atoms with van der Waals surface area (Å²) in [4.78, 5) is 19.9. The molecule has 0 radical (unpaired) electrons. The highest BCUT2D eigenvalue weighted by Gasteiger charge is 2.44. The molecule has 0 spiro atoms. The number of hydrogen-bond acceptors (Lipinski definition) is 4. The standard InChI is InChI=1S/C14H18N4O2/c1-8-16-10-4-3-9(5-11(10)17-8)18-13(19)14(2)7-20-6-12(14)15/h3-5,12H,6-7,15H2,1-2H3,(H,16,17)(H,18,19). The second kappa shape index (κ2) is 4.57. The molecule has 1 aromatic heterocycles. The van der Waals surface area contributed by atoms with E-state index in [9.17, 15) is 4.79 Å². The van der Waals surface area contributed by atoms with Crippen LogP contribution < -0.4 is 11.1 Å². The average Bonchev–Trinajstić information content (AvgIpc) is 2.92. The molecule has 2 aromatic rings. The van der Waals surface area contributed by atoms with Crippen LogP contribution in [-0.2, 0) is 9.53 Å². The van der Waals surface area contributed by atoms with E-state index in [1.807, 2.05) is 32.0 Å². The Morgan fingerprint density at radius 2 is 2.40 bits per heavy atom. The minimum Gasteiger partial charge on any atom is -0.379 e. The van der Waals surface area contributed by atoms with Gasteiger partial charge in [-0.3, -0.25) is 4.79 Å². The van der Waals surface area contributed by atoms with E-state index >= 15 is 0 Å². The van der Waals surface area contributed by atoms with E-state index in [0.29, 0.717) is 13.2 Å². The fourth-order valence-electron chi connectivity index (χ4n) is 2.41. The number of aryl methyl sites for hydroxylation is 1. The van der Waals surface area contributed by atoms with Gasteiger partial charge in [0.25, 0.3) is 0 Å².